The molecule has 0 radical (unpaired) electrons. The maximum absolute atomic E-state index is 6.08. The SMILES string of the molecule is NC(Cc1cc(Br)cs1)c1ccsc1. The Hall–Kier alpha value is -0.160. The molecular formula is C10H10BrNS2. The molecule has 0 aromatic carbocycles. The lowest BCUT2D eigenvalue weighted by Gasteiger charge is -2.07. The molecule has 1 unspecified atom stereocenters. The van der Waals surface area contributed by atoms with Gasteiger partial charge in [-0.1, -0.05) is 0 Å². The number of nitrogens with two attached hydrogens (primary N) is 1. The highest BCUT2D eigenvalue weighted by atomic mass is 79.9. The van der Waals surface area contributed by atoms with Gasteiger partial charge in [-0.2, -0.15) is 11.3 Å². The molecule has 2 rings (SSSR count). The summed E-state index contributed by atoms with van der Waals surface area (Å²) in [5.74, 6) is 0. The van der Waals surface area contributed by atoms with Crippen LogP contribution in [0.5, 0.6) is 0 Å². The van der Waals surface area contributed by atoms with Gasteiger partial charge in [0.25, 0.3) is 0 Å². The van der Waals surface area contributed by atoms with Gasteiger partial charge in [-0.15, -0.1) is 11.3 Å². The predicted molar refractivity (Wildman–Crippen MR) is 67.0 cm³/mol. The van der Waals surface area contributed by atoms with Gasteiger partial charge in [0.15, 0.2) is 0 Å². The lowest BCUT2D eigenvalue weighted by molar-refractivity contribution is 0.733. The van der Waals surface area contributed by atoms with Crippen LogP contribution in [0.2, 0.25) is 0 Å². The Morgan fingerprint density at radius 1 is 1.43 bits per heavy atom. The van der Waals surface area contributed by atoms with E-state index in [1.807, 2.05) is 0 Å². The molecule has 0 aliphatic heterocycles. The third-order valence-electron chi connectivity index (χ3n) is 2.01. The average molecular weight is 288 g/mol. The van der Waals surface area contributed by atoms with E-state index in [0.29, 0.717) is 0 Å². The van der Waals surface area contributed by atoms with E-state index in [1.54, 1.807) is 22.7 Å². The zero-order valence-corrected chi connectivity index (χ0v) is 10.7. The van der Waals surface area contributed by atoms with Crippen LogP contribution >= 0.6 is 38.6 Å². The molecule has 0 aliphatic carbocycles. The molecule has 2 aromatic rings. The van der Waals surface area contributed by atoms with Gasteiger partial charge in [-0.3, -0.25) is 0 Å². The van der Waals surface area contributed by atoms with Crippen LogP contribution in [0, 0.1) is 0 Å². The molecular weight excluding hydrogens is 278 g/mol. The van der Waals surface area contributed by atoms with Crippen molar-refractivity contribution in [2.24, 2.45) is 5.73 Å². The highest BCUT2D eigenvalue weighted by molar-refractivity contribution is 9.10. The standard InChI is InChI=1S/C10H10BrNS2/c11-8-3-9(14-6-8)4-10(12)7-1-2-13-5-7/h1-3,5-6,10H,4,12H2. The second-order valence-electron chi connectivity index (χ2n) is 3.10. The minimum Gasteiger partial charge on any atom is -0.324 e. The van der Waals surface area contributed by atoms with Crippen LogP contribution in [-0.2, 0) is 6.42 Å². The Kier molecular flexibility index (Phi) is 3.38. The Morgan fingerprint density at radius 2 is 2.29 bits per heavy atom. The van der Waals surface area contributed by atoms with Gasteiger partial charge in [0.05, 0.1) is 0 Å². The van der Waals surface area contributed by atoms with E-state index >= 15 is 0 Å². The summed E-state index contributed by atoms with van der Waals surface area (Å²) >= 11 is 6.89. The third kappa shape index (κ3) is 2.45. The number of hydrogen-bond acceptors (Lipinski definition) is 3. The molecule has 2 N–H and O–H groups in total. The molecule has 2 aromatic heterocycles. The van der Waals surface area contributed by atoms with Gasteiger partial charge in [-0.25, -0.2) is 0 Å². The van der Waals surface area contributed by atoms with Crippen molar-refractivity contribution in [3.05, 3.63) is 43.2 Å². The maximum atomic E-state index is 6.08. The Morgan fingerprint density at radius 3 is 2.86 bits per heavy atom. The average Bonchev–Trinajstić information content (AvgIpc) is 2.75. The molecule has 0 amide bonds. The first-order valence-corrected chi connectivity index (χ1v) is 6.88. The van der Waals surface area contributed by atoms with E-state index in [2.05, 4.69) is 44.2 Å². The molecule has 2 heterocycles. The minimum atomic E-state index is 0.131. The fourth-order valence-corrected chi connectivity index (χ4v) is 3.52. The summed E-state index contributed by atoms with van der Waals surface area (Å²) in [7, 11) is 0. The van der Waals surface area contributed by atoms with Crippen LogP contribution in [0.3, 0.4) is 0 Å². The first kappa shape index (κ1) is 10.4. The van der Waals surface area contributed by atoms with E-state index in [1.165, 1.54) is 10.4 Å². The Balaban J connectivity index is 2.05. The van der Waals surface area contributed by atoms with Crippen molar-refractivity contribution >= 4 is 38.6 Å². The Bertz CT molecular complexity index is 394. The molecule has 0 saturated carbocycles. The fraction of sp³-hybridized carbons (Fsp3) is 0.200. The van der Waals surface area contributed by atoms with Crippen molar-refractivity contribution in [2.75, 3.05) is 0 Å². The molecule has 14 heavy (non-hydrogen) atoms. The topological polar surface area (TPSA) is 26.0 Å². The Labute approximate surface area is 99.7 Å². The molecule has 0 aliphatic rings. The number of rotatable bonds is 3. The van der Waals surface area contributed by atoms with Gasteiger partial charge in [-0.05, 0) is 44.4 Å². The van der Waals surface area contributed by atoms with Gasteiger partial charge in [0, 0.05) is 27.2 Å². The van der Waals surface area contributed by atoms with Crippen LogP contribution in [0.4, 0.5) is 0 Å². The lowest BCUT2D eigenvalue weighted by atomic mass is 10.1. The van der Waals surface area contributed by atoms with E-state index < -0.39 is 0 Å². The van der Waals surface area contributed by atoms with Gasteiger partial charge >= 0.3 is 0 Å². The summed E-state index contributed by atoms with van der Waals surface area (Å²) in [6, 6.07) is 4.36. The van der Waals surface area contributed by atoms with E-state index in [0.717, 1.165) is 10.9 Å². The minimum absolute atomic E-state index is 0.131. The molecule has 1 atom stereocenters. The number of thiophene rings is 2. The molecule has 74 valence electrons. The monoisotopic (exact) mass is 287 g/mol. The number of halogens is 1. The largest absolute Gasteiger partial charge is 0.324 e. The normalized spacial score (nSPS) is 13.0. The quantitative estimate of drug-likeness (QED) is 0.913. The van der Waals surface area contributed by atoms with Gasteiger partial charge < -0.3 is 5.73 Å². The molecule has 0 spiro atoms. The van der Waals surface area contributed by atoms with Gasteiger partial charge in [0.2, 0.25) is 0 Å². The van der Waals surface area contributed by atoms with Crippen LogP contribution in [0.25, 0.3) is 0 Å². The third-order valence-corrected chi connectivity index (χ3v) is 4.44. The van der Waals surface area contributed by atoms with Crippen molar-refractivity contribution in [2.45, 2.75) is 12.5 Å². The summed E-state index contributed by atoms with van der Waals surface area (Å²) in [6.07, 6.45) is 0.924. The zero-order chi connectivity index (χ0) is 9.97. The van der Waals surface area contributed by atoms with Crippen molar-refractivity contribution in [3.63, 3.8) is 0 Å². The summed E-state index contributed by atoms with van der Waals surface area (Å²) in [5, 5.41) is 6.28. The smallest absolute Gasteiger partial charge is 0.0351 e. The zero-order valence-electron chi connectivity index (χ0n) is 7.44. The highest BCUT2D eigenvalue weighted by Gasteiger charge is 2.08. The van der Waals surface area contributed by atoms with Crippen LogP contribution in [-0.4, -0.2) is 0 Å². The molecule has 1 nitrogen and oxygen atoms in total. The highest BCUT2D eigenvalue weighted by Crippen LogP contribution is 2.25. The summed E-state index contributed by atoms with van der Waals surface area (Å²) in [6.45, 7) is 0. The second-order valence-corrected chi connectivity index (χ2v) is 5.79. The molecule has 0 fully saturated rings. The first-order chi connectivity index (χ1) is 6.75. The van der Waals surface area contributed by atoms with E-state index in [4.69, 9.17) is 5.73 Å². The van der Waals surface area contributed by atoms with Crippen molar-refractivity contribution in [3.8, 4) is 0 Å². The van der Waals surface area contributed by atoms with Crippen molar-refractivity contribution < 1.29 is 0 Å². The van der Waals surface area contributed by atoms with E-state index in [-0.39, 0.29) is 6.04 Å². The van der Waals surface area contributed by atoms with Gasteiger partial charge in [0.1, 0.15) is 0 Å². The molecule has 4 heteroatoms. The first-order valence-electron chi connectivity index (χ1n) is 4.26. The fourth-order valence-electron chi connectivity index (χ4n) is 1.28. The molecule has 0 saturated heterocycles. The predicted octanol–water partition coefficient (Wildman–Crippen LogP) is 3.81. The van der Waals surface area contributed by atoms with Crippen LogP contribution < -0.4 is 5.73 Å². The number of hydrogen-bond donors (Lipinski definition) is 1. The van der Waals surface area contributed by atoms with Crippen molar-refractivity contribution in [1.29, 1.82) is 0 Å². The summed E-state index contributed by atoms with van der Waals surface area (Å²) in [4.78, 5) is 1.33. The molecule has 0 bridgehead atoms. The van der Waals surface area contributed by atoms with Crippen LogP contribution in [0.15, 0.2) is 32.7 Å². The maximum Gasteiger partial charge on any atom is 0.0351 e. The summed E-state index contributed by atoms with van der Waals surface area (Å²) < 4.78 is 1.15. The van der Waals surface area contributed by atoms with Crippen LogP contribution in [0.1, 0.15) is 16.5 Å². The second kappa shape index (κ2) is 4.57. The van der Waals surface area contributed by atoms with Crippen molar-refractivity contribution in [1.82, 2.24) is 0 Å². The lowest BCUT2D eigenvalue weighted by Crippen LogP contribution is -2.11. The van der Waals surface area contributed by atoms with E-state index in [9.17, 15) is 0 Å². The summed E-state index contributed by atoms with van der Waals surface area (Å²) in [5.41, 5.74) is 7.31.